The zero-order valence-electron chi connectivity index (χ0n) is 8.22. The molecule has 15 heavy (non-hydrogen) atoms. The van der Waals surface area contributed by atoms with Gasteiger partial charge < -0.3 is 10.2 Å². The molecule has 1 aromatic heterocycles. The largest absolute Gasteiger partial charge is 0.351 e. The van der Waals surface area contributed by atoms with Gasteiger partial charge in [-0.2, -0.15) is 0 Å². The Kier molecular flexibility index (Phi) is 1.81. The molecule has 3 heteroatoms. The fourth-order valence-electron chi connectivity index (χ4n) is 1.83. The van der Waals surface area contributed by atoms with Crippen molar-refractivity contribution in [2.45, 2.75) is 0 Å². The Bertz CT molecular complexity index is 467. The van der Waals surface area contributed by atoms with Gasteiger partial charge in [-0.25, -0.2) is 4.98 Å². The molecule has 0 unspecified atom stereocenters. The average molecular weight is 197 g/mol. The summed E-state index contributed by atoms with van der Waals surface area (Å²) in [5.41, 5.74) is 2.33. The van der Waals surface area contributed by atoms with Crippen LogP contribution >= 0.6 is 0 Å². The van der Waals surface area contributed by atoms with Crippen molar-refractivity contribution in [3.63, 3.8) is 0 Å². The van der Waals surface area contributed by atoms with E-state index in [0.29, 0.717) is 0 Å². The minimum absolute atomic E-state index is 0.788. The summed E-state index contributed by atoms with van der Waals surface area (Å²) in [5.74, 6) is 0.960. The number of aromatic nitrogens is 1. The average Bonchev–Trinajstić information content (AvgIpc) is 2.74. The molecule has 0 spiro atoms. The van der Waals surface area contributed by atoms with Gasteiger partial charge in [0.2, 0.25) is 0 Å². The van der Waals surface area contributed by atoms with Crippen molar-refractivity contribution in [3.05, 3.63) is 48.7 Å². The number of pyridine rings is 1. The van der Waals surface area contributed by atoms with Gasteiger partial charge in [0.1, 0.15) is 0 Å². The lowest BCUT2D eigenvalue weighted by Crippen LogP contribution is -2.16. The van der Waals surface area contributed by atoms with Gasteiger partial charge in [-0.05, 0) is 24.3 Å². The van der Waals surface area contributed by atoms with Crippen molar-refractivity contribution in [3.8, 4) is 0 Å². The van der Waals surface area contributed by atoms with E-state index >= 15 is 0 Å². The van der Waals surface area contributed by atoms with Crippen LogP contribution in [0.5, 0.6) is 0 Å². The normalized spacial score (nSPS) is 13.5. The third kappa shape index (κ3) is 1.32. The van der Waals surface area contributed by atoms with Crippen molar-refractivity contribution in [2.75, 3.05) is 16.9 Å². The van der Waals surface area contributed by atoms with Crippen LogP contribution in [-0.2, 0) is 0 Å². The van der Waals surface area contributed by atoms with Crippen LogP contribution in [0.4, 0.5) is 17.2 Å². The molecule has 74 valence electrons. The maximum Gasteiger partial charge on any atom is 0.151 e. The Morgan fingerprint density at radius 1 is 1.07 bits per heavy atom. The second-order valence-electron chi connectivity index (χ2n) is 3.47. The van der Waals surface area contributed by atoms with Crippen LogP contribution in [0.3, 0.4) is 0 Å². The van der Waals surface area contributed by atoms with Gasteiger partial charge in [-0.3, -0.25) is 0 Å². The van der Waals surface area contributed by atoms with E-state index < -0.39 is 0 Å². The summed E-state index contributed by atoms with van der Waals surface area (Å²) < 4.78 is 0. The molecule has 0 saturated heterocycles. The number of nitrogens with one attached hydrogen (secondary N) is 1. The van der Waals surface area contributed by atoms with Crippen LogP contribution in [0.1, 0.15) is 0 Å². The Morgan fingerprint density at radius 3 is 2.80 bits per heavy atom. The summed E-state index contributed by atoms with van der Waals surface area (Å²) in [6.07, 6.45) is 1.81. The van der Waals surface area contributed by atoms with Gasteiger partial charge in [0, 0.05) is 11.9 Å². The van der Waals surface area contributed by atoms with Gasteiger partial charge in [0.05, 0.1) is 12.4 Å². The van der Waals surface area contributed by atoms with Crippen LogP contribution in [0.25, 0.3) is 0 Å². The molecule has 1 aliphatic rings. The molecule has 0 fully saturated rings. The van der Waals surface area contributed by atoms with E-state index in [1.54, 1.807) is 6.20 Å². The zero-order valence-corrected chi connectivity index (χ0v) is 8.22. The van der Waals surface area contributed by atoms with Crippen LogP contribution < -0.4 is 10.2 Å². The first-order chi connectivity index (χ1) is 7.45. The summed E-state index contributed by atoms with van der Waals surface area (Å²) in [5, 5.41) is 3.26. The number of nitrogens with zero attached hydrogens (tertiary/aromatic N) is 2. The SMILES string of the molecule is c1ccc(N2CNc3ncccc32)cc1. The summed E-state index contributed by atoms with van der Waals surface area (Å²) >= 11 is 0. The number of benzene rings is 1. The van der Waals surface area contributed by atoms with Crippen LogP contribution in [0.15, 0.2) is 48.7 Å². The third-order valence-corrected chi connectivity index (χ3v) is 2.55. The smallest absolute Gasteiger partial charge is 0.151 e. The monoisotopic (exact) mass is 197 g/mol. The molecule has 2 aromatic rings. The number of fused-ring (bicyclic) bond motifs is 1. The minimum Gasteiger partial charge on any atom is -0.351 e. The third-order valence-electron chi connectivity index (χ3n) is 2.55. The maximum absolute atomic E-state index is 4.28. The molecule has 0 amide bonds. The quantitative estimate of drug-likeness (QED) is 0.761. The lowest BCUT2D eigenvalue weighted by molar-refractivity contribution is 1.10. The summed E-state index contributed by atoms with van der Waals surface area (Å²) in [6, 6.07) is 14.4. The molecule has 0 aliphatic carbocycles. The first-order valence-electron chi connectivity index (χ1n) is 4.96. The Labute approximate surface area is 88.4 Å². The maximum atomic E-state index is 4.28. The van der Waals surface area contributed by atoms with E-state index in [-0.39, 0.29) is 0 Å². The number of hydrogen-bond acceptors (Lipinski definition) is 3. The molecule has 0 saturated carbocycles. The van der Waals surface area contributed by atoms with Gasteiger partial charge in [-0.15, -0.1) is 0 Å². The van der Waals surface area contributed by atoms with E-state index in [1.165, 1.54) is 5.69 Å². The number of para-hydroxylation sites is 1. The minimum atomic E-state index is 0.788. The van der Waals surface area contributed by atoms with E-state index in [1.807, 2.05) is 24.3 Å². The van der Waals surface area contributed by atoms with Crippen molar-refractivity contribution in [2.24, 2.45) is 0 Å². The fourth-order valence-corrected chi connectivity index (χ4v) is 1.83. The second-order valence-corrected chi connectivity index (χ2v) is 3.47. The molecule has 1 N–H and O–H groups in total. The fraction of sp³-hybridized carbons (Fsp3) is 0.0833. The van der Waals surface area contributed by atoms with E-state index in [4.69, 9.17) is 0 Å². The summed E-state index contributed by atoms with van der Waals surface area (Å²) in [7, 11) is 0. The Morgan fingerprint density at radius 2 is 1.93 bits per heavy atom. The molecule has 2 heterocycles. The molecule has 1 aliphatic heterocycles. The lowest BCUT2D eigenvalue weighted by Gasteiger charge is -2.17. The molecule has 3 nitrogen and oxygen atoms in total. The molecular weight excluding hydrogens is 186 g/mol. The second kappa shape index (κ2) is 3.28. The van der Waals surface area contributed by atoms with Gasteiger partial charge in [0.25, 0.3) is 0 Å². The summed E-state index contributed by atoms with van der Waals surface area (Å²) in [6.45, 7) is 0.788. The predicted octanol–water partition coefficient (Wildman–Crippen LogP) is 2.60. The van der Waals surface area contributed by atoms with Crippen molar-refractivity contribution >= 4 is 17.2 Å². The Hall–Kier alpha value is -2.03. The number of hydrogen-bond donors (Lipinski definition) is 1. The van der Waals surface area contributed by atoms with E-state index in [0.717, 1.165) is 18.2 Å². The topological polar surface area (TPSA) is 28.2 Å². The molecule has 0 radical (unpaired) electrons. The van der Waals surface area contributed by atoms with Crippen molar-refractivity contribution in [1.29, 1.82) is 0 Å². The van der Waals surface area contributed by atoms with E-state index in [2.05, 4.69) is 33.4 Å². The summed E-state index contributed by atoms with van der Waals surface area (Å²) in [4.78, 5) is 6.49. The molecule has 0 bridgehead atoms. The molecular formula is C12H11N3. The van der Waals surface area contributed by atoms with E-state index in [9.17, 15) is 0 Å². The highest BCUT2D eigenvalue weighted by atomic mass is 15.3. The predicted molar refractivity (Wildman–Crippen MR) is 61.3 cm³/mol. The van der Waals surface area contributed by atoms with Crippen molar-refractivity contribution < 1.29 is 0 Å². The zero-order chi connectivity index (χ0) is 10.1. The van der Waals surface area contributed by atoms with Gasteiger partial charge >= 0.3 is 0 Å². The Balaban J connectivity index is 2.05. The van der Waals surface area contributed by atoms with Crippen LogP contribution in [-0.4, -0.2) is 11.7 Å². The lowest BCUT2D eigenvalue weighted by atomic mass is 10.3. The first kappa shape index (κ1) is 8.29. The highest BCUT2D eigenvalue weighted by molar-refractivity contribution is 5.78. The highest BCUT2D eigenvalue weighted by Crippen LogP contribution is 2.34. The molecule has 0 atom stereocenters. The van der Waals surface area contributed by atoms with Crippen molar-refractivity contribution in [1.82, 2.24) is 4.98 Å². The van der Waals surface area contributed by atoms with Gasteiger partial charge in [0.15, 0.2) is 5.82 Å². The number of anilines is 3. The number of rotatable bonds is 1. The molecule has 1 aromatic carbocycles. The standard InChI is InChI=1S/C12H11N3/c1-2-5-10(6-3-1)15-9-14-12-11(15)7-4-8-13-12/h1-8H,9H2,(H,13,14). The van der Waals surface area contributed by atoms with Crippen LogP contribution in [0.2, 0.25) is 0 Å². The molecule has 3 rings (SSSR count). The van der Waals surface area contributed by atoms with Gasteiger partial charge in [-0.1, -0.05) is 18.2 Å². The highest BCUT2D eigenvalue weighted by Gasteiger charge is 2.19. The first-order valence-corrected chi connectivity index (χ1v) is 4.96. The van der Waals surface area contributed by atoms with Crippen LogP contribution in [0, 0.1) is 0 Å².